The van der Waals surface area contributed by atoms with E-state index in [9.17, 15) is 0 Å². The molecule has 44 heavy (non-hydrogen) atoms. The molecule has 0 bridgehead atoms. The second-order valence-corrected chi connectivity index (χ2v) is 10.3. The molecule has 0 aliphatic heterocycles. The number of rotatable bonds is 4. The highest BCUT2D eigenvalue weighted by Crippen LogP contribution is 2.39. The van der Waals surface area contributed by atoms with Crippen LogP contribution in [0.3, 0.4) is 0 Å². The number of hydrogen-bond acceptors (Lipinski definition) is 4. The van der Waals surface area contributed by atoms with E-state index >= 15 is 0 Å². The van der Waals surface area contributed by atoms with Crippen LogP contribution < -0.4 is 0 Å². The van der Waals surface area contributed by atoms with Crippen LogP contribution >= 0.6 is 0 Å². The molecule has 0 unspecified atom stereocenters. The summed E-state index contributed by atoms with van der Waals surface area (Å²) in [4.78, 5) is 14.5. The van der Waals surface area contributed by atoms with Gasteiger partial charge in [0.1, 0.15) is 11.2 Å². The molecule has 9 aromatic rings. The van der Waals surface area contributed by atoms with Crippen LogP contribution in [0.2, 0.25) is 0 Å². The zero-order valence-corrected chi connectivity index (χ0v) is 22.9. The maximum absolute atomic E-state index is 8.94. The van der Waals surface area contributed by atoms with Crippen molar-refractivity contribution in [1.82, 2.24) is 19.5 Å². The summed E-state index contributed by atoms with van der Waals surface area (Å²) >= 11 is 0. The lowest BCUT2D eigenvalue weighted by atomic mass is 10.1. The Balaban J connectivity index is 1.32. The van der Waals surface area contributed by atoms with Gasteiger partial charge in [0.05, 0.1) is 33.1 Å². The van der Waals surface area contributed by atoms with E-state index in [1.165, 1.54) is 4.57 Å². The topological polar surface area (TPSA) is 56.7 Å². The molecule has 0 fully saturated rings. The minimum absolute atomic E-state index is 0.0124. The predicted octanol–water partition coefficient (Wildman–Crippen LogP) is 9.87. The normalized spacial score (nSPS) is 14.2. The molecule has 6 aromatic carbocycles. The summed E-state index contributed by atoms with van der Waals surface area (Å²) in [6.07, 6.45) is 0. The molecule has 206 valence electrons. The van der Waals surface area contributed by atoms with Gasteiger partial charge in [0.15, 0.2) is 17.5 Å². The molecule has 0 N–H and O–H groups in total. The average Bonchev–Trinajstić information content (AvgIpc) is 3.75. The third-order valence-electron chi connectivity index (χ3n) is 7.71. The molecule has 3 aromatic heterocycles. The van der Waals surface area contributed by atoms with Gasteiger partial charge in [-0.3, -0.25) is 0 Å². The van der Waals surface area contributed by atoms with Gasteiger partial charge in [-0.05, 0) is 36.4 Å². The number of nitrogens with zero attached hydrogens (tertiary/aromatic N) is 4. The van der Waals surface area contributed by atoms with E-state index in [4.69, 9.17) is 30.3 Å². The van der Waals surface area contributed by atoms with Crippen molar-refractivity contribution in [3.8, 4) is 39.9 Å². The van der Waals surface area contributed by atoms with Crippen molar-refractivity contribution in [3.63, 3.8) is 0 Å². The summed E-state index contributed by atoms with van der Waals surface area (Å²) in [5.74, 6) is 1.46. The Morgan fingerprint density at radius 2 is 1.07 bits per heavy atom. The highest BCUT2D eigenvalue weighted by Gasteiger charge is 2.19. The number of aromatic nitrogens is 4. The Labute approximate surface area is 263 Å². The fourth-order valence-corrected chi connectivity index (χ4v) is 5.73. The number of fused-ring (bicyclic) bond motifs is 6. The van der Waals surface area contributed by atoms with Gasteiger partial charge in [-0.2, -0.15) is 0 Å². The van der Waals surface area contributed by atoms with Crippen LogP contribution in [0.4, 0.5) is 0 Å². The Morgan fingerprint density at radius 3 is 1.68 bits per heavy atom. The van der Waals surface area contributed by atoms with Crippen LogP contribution in [0.25, 0.3) is 83.6 Å². The number of furan rings is 1. The molecular formula is C39H24N4O. The molecule has 0 aliphatic carbocycles. The molecule has 0 radical (unpaired) electrons. The van der Waals surface area contributed by atoms with E-state index in [1.807, 2.05) is 78.9 Å². The minimum atomic E-state index is -0.493. The number of benzene rings is 6. The second-order valence-electron chi connectivity index (χ2n) is 10.3. The highest BCUT2D eigenvalue weighted by atomic mass is 16.3. The van der Waals surface area contributed by atoms with Crippen molar-refractivity contribution in [3.05, 3.63) is 145 Å². The van der Waals surface area contributed by atoms with Crippen molar-refractivity contribution < 1.29 is 15.4 Å². The first kappa shape index (κ1) is 17.8. The van der Waals surface area contributed by atoms with Gasteiger partial charge in [0, 0.05) is 32.8 Å². The van der Waals surface area contributed by atoms with Gasteiger partial charge in [-0.25, -0.2) is 15.0 Å². The van der Waals surface area contributed by atoms with Crippen LogP contribution in [0.1, 0.15) is 11.0 Å². The van der Waals surface area contributed by atoms with Crippen molar-refractivity contribution >= 4 is 43.7 Å². The summed E-state index contributed by atoms with van der Waals surface area (Å²) in [5.41, 5.74) is 3.80. The summed E-state index contributed by atoms with van der Waals surface area (Å²) in [6.45, 7) is 0. The Kier molecular flexibility index (Phi) is 3.94. The van der Waals surface area contributed by atoms with Gasteiger partial charge in [0.2, 0.25) is 0 Å². The van der Waals surface area contributed by atoms with Gasteiger partial charge in [-0.15, -0.1) is 0 Å². The van der Waals surface area contributed by atoms with Crippen LogP contribution in [-0.2, 0) is 0 Å². The zero-order valence-electron chi connectivity index (χ0n) is 30.9. The molecule has 5 nitrogen and oxygen atoms in total. The van der Waals surface area contributed by atoms with Gasteiger partial charge in [-0.1, -0.05) is 109 Å². The maximum atomic E-state index is 8.94. The van der Waals surface area contributed by atoms with E-state index in [-0.39, 0.29) is 46.0 Å². The van der Waals surface area contributed by atoms with E-state index in [2.05, 4.69) is 0 Å². The van der Waals surface area contributed by atoms with E-state index < -0.39 is 24.2 Å². The van der Waals surface area contributed by atoms with Crippen LogP contribution in [0.15, 0.2) is 150 Å². The van der Waals surface area contributed by atoms with Gasteiger partial charge in [0.25, 0.3) is 0 Å². The summed E-state index contributed by atoms with van der Waals surface area (Å²) in [7, 11) is 0. The molecule has 0 spiro atoms. The largest absolute Gasteiger partial charge is 0.456 e. The molecule has 9 rings (SSSR count). The third kappa shape index (κ3) is 3.83. The van der Waals surface area contributed by atoms with Crippen LogP contribution in [-0.4, -0.2) is 19.5 Å². The molecule has 5 heteroatoms. The lowest BCUT2D eigenvalue weighted by Gasteiger charge is -2.10. The van der Waals surface area contributed by atoms with Crippen LogP contribution in [0.5, 0.6) is 0 Å². The summed E-state index contributed by atoms with van der Waals surface area (Å²) < 4.78 is 77.1. The first-order chi connectivity index (χ1) is 25.1. The number of hydrogen-bond donors (Lipinski definition) is 0. The van der Waals surface area contributed by atoms with Crippen molar-refractivity contribution in [1.29, 1.82) is 0 Å². The van der Waals surface area contributed by atoms with Crippen molar-refractivity contribution in [2.75, 3.05) is 0 Å². The van der Waals surface area contributed by atoms with E-state index in [0.717, 1.165) is 11.1 Å². The Morgan fingerprint density at radius 1 is 0.500 bits per heavy atom. The first-order valence-electron chi connectivity index (χ1n) is 18.0. The number of para-hydroxylation sites is 2. The van der Waals surface area contributed by atoms with E-state index in [0.29, 0.717) is 50.7 Å². The molecular weight excluding hydrogens is 540 g/mol. The van der Waals surface area contributed by atoms with Gasteiger partial charge < -0.3 is 8.98 Å². The maximum Gasteiger partial charge on any atom is 0.164 e. The van der Waals surface area contributed by atoms with Crippen LogP contribution in [0, 0.1) is 0 Å². The lowest BCUT2D eigenvalue weighted by Crippen LogP contribution is -2.00. The van der Waals surface area contributed by atoms with Crippen molar-refractivity contribution in [2.45, 2.75) is 0 Å². The smallest absolute Gasteiger partial charge is 0.164 e. The summed E-state index contributed by atoms with van der Waals surface area (Å²) in [5, 5.41) is 1.29. The molecule has 0 atom stereocenters. The fourth-order valence-electron chi connectivity index (χ4n) is 5.73. The first-order valence-corrected chi connectivity index (χ1v) is 14.0. The standard InChI is InChI=1S/C39H24N4O/c1-3-12-25(13-4-1)37-40-38(26-14-5-2-6-15-26)42-39(41-37)27-22-23-30-35(24-27)44-34-21-11-20-33(36(30)34)43-31-18-9-7-16-28(31)29-17-8-10-19-32(29)43/h1-24H/i7D,8D,9D,10D,16D,17D,18D,19D. The highest BCUT2D eigenvalue weighted by molar-refractivity contribution is 6.14. The molecule has 3 heterocycles. The minimum Gasteiger partial charge on any atom is -0.456 e. The quantitative estimate of drug-likeness (QED) is 0.211. The average molecular weight is 573 g/mol. The molecule has 0 saturated carbocycles. The van der Waals surface area contributed by atoms with Crippen molar-refractivity contribution in [2.24, 2.45) is 0 Å². The third-order valence-corrected chi connectivity index (χ3v) is 7.71. The monoisotopic (exact) mass is 572 g/mol. The fraction of sp³-hybridized carbons (Fsp3) is 0. The Bertz CT molecular complexity index is 2810. The second kappa shape index (κ2) is 9.75. The van der Waals surface area contributed by atoms with Gasteiger partial charge >= 0.3 is 0 Å². The molecule has 0 amide bonds. The van der Waals surface area contributed by atoms with E-state index in [1.54, 1.807) is 18.2 Å². The molecule has 0 saturated heterocycles. The predicted molar refractivity (Wildman–Crippen MR) is 178 cm³/mol. The zero-order chi connectivity index (χ0) is 36.0. The Hall–Kier alpha value is -6.07. The SMILES string of the molecule is [2H]c1c([2H])c([2H])c2c(c1[2H])c1c([2H])c([2H])c([2H])c([2H])c1n2-c1cccc2oc3cc(-c4nc(-c5ccccc5)nc(-c5ccccc5)n4)ccc3c12. The lowest BCUT2D eigenvalue weighted by molar-refractivity contribution is 0.669. The molecule has 0 aliphatic rings. The summed E-state index contributed by atoms with van der Waals surface area (Å²) in [6, 6.07) is 26.7.